The first-order chi connectivity index (χ1) is 11.8. The van der Waals surface area contributed by atoms with Crippen LogP contribution in [0.5, 0.6) is 0 Å². The minimum Gasteiger partial charge on any atom is -0.455 e. The summed E-state index contributed by atoms with van der Waals surface area (Å²) in [6.45, 7) is 0.0196. The number of rotatable bonds is 5. The number of thioether (sulfide) groups is 1. The van der Waals surface area contributed by atoms with E-state index in [1.165, 1.54) is 18.1 Å². The fourth-order valence-electron chi connectivity index (χ4n) is 2.18. The van der Waals surface area contributed by atoms with Crippen LogP contribution in [0.25, 0.3) is 21.3 Å². The van der Waals surface area contributed by atoms with Gasteiger partial charge < -0.3 is 9.15 Å². The third-order valence-electron chi connectivity index (χ3n) is 3.25. The van der Waals surface area contributed by atoms with Crippen LogP contribution >= 0.6 is 23.1 Å². The lowest BCUT2D eigenvalue weighted by Crippen LogP contribution is -2.07. The maximum absolute atomic E-state index is 11.9. The number of oxazole rings is 1. The summed E-state index contributed by atoms with van der Waals surface area (Å²) in [6.07, 6.45) is 1.50. The van der Waals surface area contributed by atoms with E-state index in [4.69, 9.17) is 9.15 Å². The van der Waals surface area contributed by atoms with Gasteiger partial charge in [-0.25, -0.2) is 15.0 Å². The fourth-order valence-corrected chi connectivity index (χ4v) is 3.75. The number of ether oxygens (including phenoxy) is 1. The predicted octanol–water partition coefficient (Wildman–Crippen LogP) is 3.67. The van der Waals surface area contributed by atoms with Crippen molar-refractivity contribution >= 4 is 50.4 Å². The number of para-hydroxylation sites is 2. The van der Waals surface area contributed by atoms with E-state index in [-0.39, 0.29) is 18.3 Å². The van der Waals surface area contributed by atoms with Crippen molar-refractivity contribution in [2.45, 2.75) is 11.6 Å². The van der Waals surface area contributed by atoms with Crippen molar-refractivity contribution in [3.63, 3.8) is 0 Å². The van der Waals surface area contributed by atoms with Gasteiger partial charge in [-0.05, 0) is 23.6 Å². The molecule has 0 aliphatic rings. The Bertz CT molecular complexity index is 979. The number of thiophene rings is 1. The molecule has 3 heterocycles. The van der Waals surface area contributed by atoms with Gasteiger partial charge in [0.25, 0.3) is 0 Å². The number of carbonyl (C=O) groups excluding carboxylic acids is 1. The molecule has 0 atom stereocenters. The fraction of sp³-hybridized carbons (Fsp3) is 0.125. The molecule has 8 heteroatoms. The lowest BCUT2D eigenvalue weighted by molar-refractivity contribution is -0.142. The number of fused-ring (bicyclic) bond motifs is 2. The van der Waals surface area contributed by atoms with Gasteiger partial charge >= 0.3 is 5.97 Å². The van der Waals surface area contributed by atoms with Crippen molar-refractivity contribution in [1.29, 1.82) is 0 Å². The van der Waals surface area contributed by atoms with Crippen molar-refractivity contribution < 1.29 is 13.9 Å². The molecule has 120 valence electrons. The van der Waals surface area contributed by atoms with E-state index in [0.29, 0.717) is 11.5 Å². The second kappa shape index (κ2) is 6.58. The predicted molar refractivity (Wildman–Crippen MR) is 91.9 cm³/mol. The zero-order valence-corrected chi connectivity index (χ0v) is 14.0. The zero-order chi connectivity index (χ0) is 16.4. The first-order valence-corrected chi connectivity index (χ1v) is 8.97. The Morgan fingerprint density at radius 3 is 3.08 bits per heavy atom. The molecule has 0 bridgehead atoms. The molecule has 6 nitrogen and oxygen atoms in total. The molecule has 0 amide bonds. The molecule has 4 rings (SSSR count). The Balaban J connectivity index is 1.36. The largest absolute Gasteiger partial charge is 0.455 e. The van der Waals surface area contributed by atoms with E-state index < -0.39 is 0 Å². The van der Waals surface area contributed by atoms with Crippen molar-refractivity contribution in [3.05, 3.63) is 47.9 Å². The third-order valence-corrected chi connectivity index (χ3v) is 5.05. The molecule has 4 aromatic rings. The molecule has 3 aromatic heterocycles. The number of nitrogens with zero attached hydrogens (tertiary/aromatic N) is 3. The molecule has 1 aromatic carbocycles. The lowest BCUT2D eigenvalue weighted by atomic mass is 10.3. The molecule has 0 unspecified atom stereocenters. The monoisotopic (exact) mass is 357 g/mol. The van der Waals surface area contributed by atoms with E-state index >= 15 is 0 Å². The summed E-state index contributed by atoms with van der Waals surface area (Å²) in [6, 6.07) is 9.37. The minimum atomic E-state index is -0.343. The van der Waals surface area contributed by atoms with Crippen molar-refractivity contribution in [1.82, 2.24) is 15.0 Å². The lowest BCUT2D eigenvalue weighted by Gasteiger charge is -2.02. The van der Waals surface area contributed by atoms with Gasteiger partial charge in [-0.2, -0.15) is 0 Å². The average molecular weight is 357 g/mol. The molecule has 0 aliphatic carbocycles. The van der Waals surface area contributed by atoms with Crippen molar-refractivity contribution in [2.75, 3.05) is 5.75 Å². The zero-order valence-electron chi connectivity index (χ0n) is 12.3. The van der Waals surface area contributed by atoms with Gasteiger partial charge in [0, 0.05) is 5.39 Å². The highest BCUT2D eigenvalue weighted by Crippen LogP contribution is 2.27. The summed E-state index contributed by atoms with van der Waals surface area (Å²) in [5.74, 6) is 0.211. The summed E-state index contributed by atoms with van der Waals surface area (Å²) >= 11 is 2.88. The van der Waals surface area contributed by atoms with Crippen LogP contribution in [-0.4, -0.2) is 26.7 Å². The van der Waals surface area contributed by atoms with Crippen LogP contribution in [0.2, 0.25) is 0 Å². The second-order valence-corrected chi connectivity index (χ2v) is 6.70. The van der Waals surface area contributed by atoms with Crippen molar-refractivity contribution in [2.24, 2.45) is 0 Å². The molecule has 0 radical (unpaired) electrons. The van der Waals surface area contributed by atoms with E-state index in [1.54, 1.807) is 11.3 Å². The quantitative estimate of drug-likeness (QED) is 0.306. The highest BCUT2D eigenvalue weighted by molar-refractivity contribution is 8.00. The van der Waals surface area contributed by atoms with Gasteiger partial charge in [-0.15, -0.1) is 11.3 Å². The molecular formula is C16H11N3O3S2. The first-order valence-electron chi connectivity index (χ1n) is 7.11. The molecule has 0 spiro atoms. The Morgan fingerprint density at radius 2 is 2.17 bits per heavy atom. The van der Waals surface area contributed by atoms with Gasteiger partial charge in [0.05, 0.1) is 5.75 Å². The summed E-state index contributed by atoms with van der Waals surface area (Å²) in [5, 5.41) is 3.69. The van der Waals surface area contributed by atoms with Gasteiger partial charge in [0.2, 0.25) is 5.89 Å². The SMILES string of the molecule is O=C(CSc1ncnc2sccc12)OCc1nc2ccccc2o1. The number of hydrogen-bond acceptors (Lipinski definition) is 8. The maximum atomic E-state index is 11.9. The van der Waals surface area contributed by atoms with Crippen LogP contribution in [0.15, 0.2) is 51.5 Å². The van der Waals surface area contributed by atoms with Crippen LogP contribution in [-0.2, 0) is 16.1 Å². The summed E-state index contributed by atoms with van der Waals surface area (Å²) in [7, 11) is 0. The molecule has 24 heavy (non-hydrogen) atoms. The van der Waals surface area contributed by atoms with Crippen LogP contribution in [0.4, 0.5) is 0 Å². The number of carbonyl (C=O) groups is 1. The highest BCUT2D eigenvalue weighted by Gasteiger charge is 2.11. The topological polar surface area (TPSA) is 78.1 Å². The van der Waals surface area contributed by atoms with E-state index in [0.717, 1.165) is 20.8 Å². The van der Waals surface area contributed by atoms with Gasteiger partial charge in [0.15, 0.2) is 12.2 Å². The van der Waals surface area contributed by atoms with Crippen LogP contribution in [0.3, 0.4) is 0 Å². The first kappa shape index (κ1) is 15.1. The van der Waals surface area contributed by atoms with Crippen molar-refractivity contribution in [3.8, 4) is 0 Å². The average Bonchev–Trinajstić information content (AvgIpc) is 3.24. The van der Waals surface area contributed by atoms with Gasteiger partial charge in [-0.3, -0.25) is 4.79 Å². The number of hydrogen-bond donors (Lipinski definition) is 0. The van der Waals surface area contributed by atoms with E-state index in [1.807, 2.05) is 35.7 Å². The molecule has 0 aliphatic heterocycles. The normalized spacial score (nSPS) is 11.2. The van der Waals surface area contributed by atoms with Crippen LogP contribution in [0.1, 0.15) is 5.89 Å². The second-order valence-electron chi connectivity index (χ2n) is 4.84. The Kier molecular flexibility index (Phi) is 4.14. The smallest absolute Gasteiger partial charge is 0.316 e. The minimum absolute atomic E-state index is 0.0196. The third kappa shape index (κ3) is 3.10. The highest BCUT2D eigenvalue weighted by atomic mass is 32.2. The maximum Gasteiger partial charge on any atom is 0.316 e. The summed E-state index contributed by atoms with van der Waals surface area (Å²) in [5.41, 5.74) is 1.43. The Hall–Kier alpha value is -2.45. The molecule has 0 saturated carbocycles. The Labute approximate surface area is 144 Å². The molecule has 0 fully saturated rings. The molecule has 0 N–H and O–H groups in total. The number of esters is 1. The summed E-state index contributed by atoms with van der Waals surface area (Å²) in [4.78, 5) is 25.5. The molecule has 0 saturated heterocycles. The summed E-state index contributed by atoms with van der Waals surface area (Å²) < 4.78 is 10.7. The van der Waals surface area contributed by atoms with E-state index in [9.17, 15) is 4.79 Å². The van der Waals surface area contributed by atoms with Gasteiger partial charge in [0.1, 0.15) is 21.7 Å². The number of benzene rings is 1. The van der Waals surface area contributed by atoms with Gasteiger partial charge in [-0.1, -0.05) is 23.9 Å². The number of aromatic nitrogens is 3. The Morgan fingerprint density at radius 1 is 1.25 bits per heavy atom. The standard InChI is InChI=1S/C16H11N3O3S2/c20-14(8-24-16-10-5-6-23-15(10)17-9-18-16)21-7-13-19-11-3-1-2-4-12(11)22-13/h1-6,9H,7-8H2. The van der Waals surface area contributed by atoms with E-state index in [2.05, 4.69) is 15.0 Å². The van der Waals surface area contributed by atoms with Crippen LogP contribution in [0, 0.1) is 0 Å². The van der Waals surface area contributed by atoms with Crippen LogP contribution < -0.4 is 0 Å². The molecular weight excluding hydrogens is 346 g/mol.